The molecular formula is C21H21N3O3S. The van der Waals surface area contributed by atoms with Crippen LogP contribution < -0.4 is 5.32 Å². The molecule has 0 bridgehead atoms. The number of fused-ring (bicyclic) bond motifs is 1. The van der Waals surface area contributed by atoms with Crippen LogP contribution in [0.2, 0.25) is 0 Å². The molecule has 2 atom stereocenters. The molecule has 4 rings (SSSR count). The molecule has 6 nitrogen and oxygen atoms in total. The van der Waals surface area contributed by atoms with Crippen molar-refractivity contribution in [2.45, 2.75) is 26.2 Å². The Morgan fingerprint density at radius 1 is 1.14 bits per heavy atom. The van der Waals surface area contributed by atoms with E-state index in [0.29, 0.717) is 18.0 Å². The molecule has 2 aromatic rings. The van der Waals surface area contributed by atoms with Crippen LogP contribution in [0.3, 0.4) is 0 Å². The van der Waals surface area contributed by atoms with E-state index in [9.17, 15) is 14.4 Å². The van der Waals surface area contributed by atoms with Gasteiger partial charge in [-0.1, -0.05) is 42.0 Å². The zero-order valence-corrected chi connectivity index (χ0v) is 16.4. The SMILES string of the molecule is Cc1ccc(-c2csc(NC(=O)CCN3C(=O)[C@@H]4CC=CC[C@H]4C3=O)n2)cc1. The second-order valence-electron chi connectivity index (χ2n) is 7.19. The molecule has 144 valence electrons. The van der Waals surface area contributed by atoms with Gasteiger partial charge in [0.1, 0.15) is 0 Å². The molecule has 1 aromatic carbocycles. The summed E-state index contributed by atoms with van der Waals surface area (Å²) in [6.45, 7) is 2.14. The van der Waals surface area contributed by atoms with Crippen molar-refractivity contribution in [3.8, 4) is 11.3 Å². The number of benzene rings is 1. The van der Waals surface area contributed by atoms with Crippen molar-refractivity contribution in [1.82, 2.24) is 9.88 Å². The van der Waals surface area contributed by atoms with Crippen LogP contribution in [0.4, 0.5) is 5.13 Å². The predicted octanol–water partition coefficient (Wildman–Crippen LogP) is 3.40. The summed E-state index contributed by atoms with van der Waals surface area (Å²) in [4.78, 5) is 42.9. The van der Waals surface area contributed by atoms with Crippen LogP contribution in [0.1, 0.15) is 24.8 Å². The van der Waals surface area contributed by atoms with Gasteiger partial charge in [-0.25, -0.2) is 4.98 Å². The highest BCUT2D eigenvalue weighted by atomic mass is 32.1. The Morgan fingerprint density at radius 2 is 1.79 bits per heavy atom. The van der Waals surface area contributed by atoms with E-state index in [0.717, 1.165) is 11.3 Å². The van der Waals surface area contributed by atoms with E-state index < -0.39 is 0 Å². The number of aromatic nitrogens is 1. The molecular weight excluding hydrogens is 374 g/mol. The monoisotopic (exact) mass is 395 g/mol. The number of carbonyl (C=O) groups excluding carboxylic acids is 3. The second kappa shape index (κ2) is 7.67. The lowest BCUT2D eigenvalue weighted by molar-refractivity contribution is -0.140. The molecule has 3 amide bonds. The van der Waals surface area contributed by atoms with Crippen LogP contribution in [-0.4, -0.2) is 34.2 Å². The van der Waals surface area contributed by atoms with E-state index in [1.165, 1.54) is 21.8 Å². The third-order valence-corrected chi connectivity index (χ3v) is 6.02. The zero-order valence-electron chi connectivity index (χ0n) is 15.6. The minimum absolute atomic E-state index is 0.0732. The number of likely N-dealkylation sites (tertiary alicyclic amines) is 1. The van der Waals surface area contributed by atoms with Gasteiger partial charge in [-0.3, -0.25) is 19.3 Å². The van der Waals surface area contributed by atoms with Gasteiger partial charge in [-0.2, -0.15) is 0 Å². The van der Waals surface area contributed by atoms with Gasteiger partial charge in [0.15, 0.2) is 5.13 Å². The maximum Gasteiger partial charge on any atom is 0.233 e. The standard InChI is InChI=1S/C21H21N3O3S/c1-13-6-8-14(9-7-13)17-12-28-21(22-17)23-18(25)10-11-24-19(26)15-4-2-3-5-16(15)20(24)27/h2-3,6-9,12,15-16H,4-5,10-11H2,1H3,(H,22,23,25)/t15-,16-/m1/s1. The smallest absolute Gasteiger partial charge is 0.233 e. The molecule has 0 saturated carbocycles. The summed E-state index contributed by atoms with van der Waals surface area (Å²) in [6.07, 6.45) is 5.20. The third kappa shape index (κ3) is 3.62. The molecule has 0 spiro atoms. The molecule has 1 aromatic heterocycles. The number of thiazole rings is 1. The number of nitrogens with one attached hydrogen (secondary N) is 1. The summed E-state index contributed by atoms with van der Waals surface area (Å²) < 4.78 is 0. The van der Waals surface area contributed by atoms with Crippen LogP contribution in [0.15, 0.2) is 41.8 Å². The van der Waals surface area contributed by atoms with Gasteiger partial charge in [-0.05, 0) is 19.8 Å². The van der Waals surface area contributed by atoms with Crippen molar-refractivity contribution in [3.63, 3.8) is 0 Å². The summed E-state index contributed by atoms with van der Waals surface area (Å²) in [5.74, 6) is -1.06. The minimum Gasteiger partial charge on any atom is -0.302 e. The van der Waals surface area contributed by atoms with Crippen LogP contribution in [0, 0.1) is 18.8 Å². The first-order valence-corrected chi connectivity index (χ1v) is 10.2. The topological polar surface area (TPSA) is 79.4 Å². The number of hydrogen-bond acceptors (Lipinski definition) is 5. The summed E-state index contributed by atoms with van der Waals surface area (Å²) in [5.41, 5.74) is 2.97. The van der Waals surface area contributed by atoms with Crippen molar-refractivity contribution in [2.75, 3.05) is 11.9 Å². The molecule has 2 aliphatic rings. The number of aryl methyl sites for hydroxylation is 1. The average molecular weight is 395 g/mol. The number of nitrogens with zero attached hydrogens (tertiary/aromatic N) is 2. The fourth-order valence-corrected chi connectivity index (χ4v) is 4.41. The fourth-order valence-electron chi connectivity index (χ4n) is 3.67. The molecule has 1 aliphatic heterocycles. The van der Waals surface area contributed by atoms with Crippen LogP contribution in [-0.2, 0) is 14.4 Å². The second-order valence-corrected chi connectivity index (χ2v) is 8.04. The Morgan fingerprint density at radius 3 is 2.43 bits per heavy atom. The zero-order chi connectivity index (χ0) is 19.7. The molecule has 1 fully saturated rings. The molecule has 1 aliphatic carbocycles. The van der Waals surface area contributed by atoms with Gasteiger partial charge >= 0.3 is 0 Å². The first-order valence-electron chi connectivity index (χ1n) is 9.35. The Labute approximate surface area is 167 Å². The molecule has 0 unspecified atom stereocenters. The van der Waals surface area contributed by atoms with Crippen molar-refractivity contribution < 1.29 is 14.4 Å². The number of allylic oxidation sites excluding steroid dienone is 2. The predicted molar refractivity (Wildman–Crippen MR) is 108 cm³/mol. The fraction of sp³-hybridized carbons (Fsp3) is 0.333. The first kappa shape index (κ1) is 18.6. The van der Waals surface area contributed by atoms with Crippen molar-refractivity contribution in [2.24, 2.45) is 11.8 Å². The number of amides is 3. The van der Waals surface area contributed by atoms with E-state index >= 15 is 0 Å². The van der Waals surface area contributed by atoms with Crippen LogP contribution in [0.5, 0.6) is 0 Å². The Bertz CT molecular complexity index is 922. The maximum absolute atomic E-state index is 12.4. The summed E-state index contributed by atoms with van der Waals surface area (Å²) in [7, 11) is 0. The number of imide groups is 1. The summed E-state index contributed by atoms with van der Waals surface area (Å²) in [6, 6.07) is 8.03. The van der Waals surface area contributed by atoms with E-state index in [4.69, 9.17) is 0 Å². The average Bonchev–Trinajstić information content (AvgIpc) is 3.25. The largest absolute Gasteiger partial charge is 0.302 e. The van der Waals surface area contributed by atoms with Gasteiger partial charge in [-0.15, -0.1) is 11.3 Å². The quantitative estimate of drug-likeness (QED) is 0.622. The maximum atomic E-state index is 12.4. The molecule has 0 radical (unpaired) electrons. The van der Waals surface area contributed by atoms with E-state index in [-0.39, 0.29) is 42.5 Å². The van der Waals surface area contributed by atoms with Crippen molar-refractivity contribution in [3.05, 3.63) is 47.4 Å². The number of rotatable bonds is 5. The number of hydrogen-bond donors (Lipinski definition) is 1. The Kier molecular flexibility index (Phi) is 5.09. The Balaban J connectivity index is 1.33. The highest BCUT2D eigenvalue weighted by molar-refractivity contribution is 7.14. The lowest BCUT2D eigenvalue weighted by atomic mass is 9.85. The highest BCUT2D eigenvalue weighted by Crippen LogP contribution is 2.35. The van der Waals surface area contributed by atoms with Crippen LogP contribution >= 0.6 is 11.3 Å². The van der Waals surface area contributed by atoms with Gasteiger partial charge < -0.3 is 5.32 Å². The lowest BCUT2D eigenvalue weighted by Gasteiger charge is -2.14. The molecule has 7 heteroatoms. The van der Waals surface area contributed by atoms with Crippen molar-refractivity contribution in [1.29, 1.82) is 0 Å². The van der Waals surface area contributed by atoms with Gasteiger partial charge in [0, 0.05) is 23.9 Å². The number of anilines is 1. The van der Waals surface area contributed by atoms with Crippen LogP contribution in [0.25, 0.3) is 11.3 Å². The van der Waals surface area contributed by atoms with Gasteiger partial charge in [0.25, 0.3) is 0 Å². The lowest BCUT2D eigenvalue weighted by Crippen LogP contribution is -2.34. The van der Waals surface area contributed by atoms with Crippen molar-refractivity contribution >= 4 is 34.2 Å². The third-order valence-electron chi connectivity index (χ3n) is 5.26. The summed E-state index contributed by atoms with van der Waals surface area (Å²) >= 11 is 1.35. The Hall–Kier alpha value is -2.80. The highest BCUT2D eigenvalue weighted by Gasteiger charge is 2.46. The van der Waals surface area contributed by atoms with E-state index in [1.807, 2.05) is 48.7 Å². The van der Waals surface area contributed by atoms with Gasteiger partial charge in [0.05, 0.1) is 17.5 Å². The molecule has 1 saturated heterocycles. The van der Waals surface area contributed by atoms with Gasteiger partial charge in [0.2, 0.25) is 17.7 Å². The number of carbonyl (C=O) groups is 3. The van der Waals surface area contributed by atoms with E-state index in [1.54, 1.807) is 0 Å². The van der Waals surface area contributed by atoms with E-state index in [2.05, 4.69) is 10.3 Å². The summed E-state index contributed by atoms with van der Waals surface area (Å²) in [5, 5.41) is 5.17. The normalized spacial score (nSPS) is 21.1. The molecule has 28 heavy (non-hydrogen) atoms. The minimum atomic E-state index is -0.253. The molecule has 1 N–H and O–H groups in total. The molecule has 2 heterocycles. The first-order chi connectivity index (χ1) is 13.5.